The van der Waals surface area contributed by atoms with E-state index in [1.54, 1.807) is 6.42 Å². The fourth-order valence-electron chi connectivity index (χ4n) is 3.99. The molecular formula is C10H17N. The molecule has 1 aliphatic heterocycles. The van der Waals surface area contributed by atoms with Gasteiger partial charge in [0.25, 0.3) is 0 Å². The van der Waals surface area contributed by atoms with Crippen LogP contribution in [0.2, 0.25) is 0 Å². The van der Waals surface area contributed by atoms with Crippen molar-refractivity contribution in [2.75, 3.05) is 13.1 Å². The van der Waals surface area contributed by atoms with E-state index in [0.29, 0.717) is 5.41 Å². The lowest BCUT2D eigenvalue weighted by molar-refractivity contribution is 0.156. The van der Waals surface area contributed by atoms with Gasteiger partial charge in [-0.05, 0) is 49.0 Å². The van der Waals surface area contributed by atoms with E-state index in [1.807, 2.05) is 0 Å². The highest BCUT2D eigenvalue weighted by atomic mass is 15.0. The van der Waals surface area contributed by atoms with Crippen molar-refractivity contribution in [2.24, 2.45) is 23.2 Å². The summed E-state index contributed by atoms with van der Waals surface area (Å²) < 4.78 is 0. The zero-order valence-electron chi connectivity index (χ0n) is 7.27. The van der Waals surface area contributed by atoms with Crippen LogP contribution in [-0.2, 0) is 0 Å². The van der Waals surface area contributed by atoms with E-state index in [4.69, 9.17) is 0 Å². The minimum atomic E-state index is 0.711. The summed E-state index contributed by atoms with van der Waals surface area (Å²) in [7, 11) is 0. The molecule has 1 heterocycles. The van der Waals surface area contributed by atoms with Gasteiger partial charge in [0.05, 0.1) is 0 Å². The van der Waals surface area contributed by atoms with E-state index in [2.05, 4.69) is 12.2 Å². The van der Waals surface area contributed by atoms with Crippen LogP contribution in [0.25, 0.3) is 0 Å². The molecule has 0 unspecified atom stereocenters. The van der Waals surface area contributed by atoms with Crippen LogP contribution in [0.3, 0.4) is 0 Å². The molecule has 2 bridgehead atoms. The Hall–Kier alpha value is -0.0400. The van der Waals surface area contributed by atoms with Crippen molar-refractivity contribution in [1.82, 2.24) is 5.32 Å². The second-order valence-corrected chi connectivity index (χ2v) is 5.01. The second kappa shape index (κ2) is 1.82. The van der Waals surface area contributed by atoms with Crippen LogP contribution in [0.5, 0.6) is 0 Å². The minimum absolute atomic E-state index is 0.711. The zero-order valence-corrected chi connectivity index (χ0v) is 7.27. The molecule has 4 atom stereocenters. The monoisotopic (exact) mass is 151 g/mol. The molecule has 62 valence electrons. The van der Waals surface area contributed by atoms with Gasteiger partial charge in [-0.2, -0.15) is 0 Å². The highest BCUT2D eigenvalue weighted by Gasteiger charge is 2.56. The Morgan fingerprint density at radius 1 is 1.36 bits per heavy atom. The lowest BCUT2D eigenvalue weighted by Crippen LogP contribution is -2.32. The molecule has 0 spiro atoms. The van der Waals surface area contributed by atoms with Crippen LogP contribution >= 0.6 is 0 Å². The second-order valence-electron chi connectivity index (χ2n) is 5.01. The Morgan fingerprint density at radius 2 is 2.27 bits per heavy atom. The first-order valence-electron chi connectivity index (χ1n) is 5.01. The number of rotatable bonds is 0. The highest BCUT2D eigenvalue weighted by Crippen LogP contribution is 2.60. The average Bonchev–Trinajstić information content (AvgIpc) is 2.54. The maximum atomic E-state index is 3.57. The largest absolute Gasteiger partial charge is 0.316 e. The first kappa shape index (κ1) is 6.47. The summed E-state index contributed by atoms with van der Waals surface area (Å²) in [4.78, 5) is 0. The smallest absolute Gasteiger partial charge is 0.00112 e. The van der Waals surface area contributed by atoms with Crippen molar-refractivity contribution in [3.63, 3.8) is 0 Å². The van der Waals surface area contributed by atoms with Crippen LogP contribution in [-0.4, -0.2) is 13.1 Å². The number of hydrogen-bond acceptors (Lipinski definition) is 1. The molecule has 0 aromatic heterocycles. The van der Waals surface area contributed by atoms with E-state index < -0.39 is 0 Å². The highest BCUT2D eigenvalue weighted by molar-refractivity contribution is 5.08. The van der Waals surface area contributed by atoms with Gasteiger partial charge in [-0.3, -0.25) is 0 Å². The van der Waals surface area contributed by atoms with Crippen molar-refractivity contribution in [1.29, 1.82) is 0 Å². The van der Waals surface area contributed by atoms with Crippen molar-refractivity contribution < 1.29 is 0 Å². The lowest BCUT2D eigenvalue weighted by Gasteiger charge is -2.34. The molecule has 1 heteroatoms. The quantitative estimate of drug-likeness (QED) is 0.555. The van der Waals surface area contributed by atoms with E-state index >= 15 is 0 Å². The third-order valence-electron chi connectivity index (χ3n) is 4.69. The predicted molar refractivity (Wildman–Crippen MR) is 45.3 cm³/mol. The number of nitrogens with one attached hydrogen (secondary N) is 1. The molecule has 3 rings (SSSR count). The molecule has 3 aliphatic rings. The Bertz CT molecular complexity index is 189. The molecule has 0 amide bonds. The summed E-state index contributed by atoms with van der Waals surface area (Å²) in [6.45, 7) is 5.14. The van der Waals surface area contributed by atoms with Gasteiger partial charge in [0.1, 0.15) is 0 Å². The summed E-state index contributed by atoms with van der Waals surface area (Å²) in [5.74, 6) is 3.22. The van der Waals surface area contributed by atoms with Gasteiger partial charge in [-0.25, -0.2) is 0 Å². The standard InChI is InChI=1S/C10H17N/c1-10-6-11-5-9(10)7-2-3-8(10)4-7/h7-9,11H,2-6H2,1H3/t7-,8+,9+,10-/m1/s1. The van der Waals surface area contributed by atoms with E-state index in [-0.39, 0.29) is 0 Å². The van der Waals surface area contributed by atoms with Crippen molar-refractivity contribution in [3.05, 3.63) is 0 Å². The number of hydrogen-bond donors (Lipinski definition) is 1. The van der Waals surface area contributed by atoms with Crippen molar-refractivity contribution >= 4 is 0 Å². The van der Waals surface area contributed by atoms with Crippen LogP contribution in [0.4, 0.5) is 0 Å². The van der Waals surface area contributed by atoms with Gasteiger partial charge >= 0.3 is 0 Å². The maximum Gasteiger partial charge on any atom is 0.00112 e. The van der Waals surface area contributed by atoms with Crippen LogP contribution in [0, 0.1) is 23.2 Å². The van der Waals surface area contributed by atoms with Gasteiger partial charge in [-0.1, -0.05) is 6.92 Å². The first-order valence-corrected chi connectivity index (χ1v) is 5.01. The Kier molecular flexibility index (Phi) is 1.07. The fourth-order valence-corrected chi connectivity index (χ4v) is 3.99. The van der Waals surface area contributed by atoms with Gasteiger partial charge < -0.3 is 5.32 Å². The number of fused-ring (bicyclic) bond motifs is 5. The summed E-state index contributed by atoms with van der Waals surface area (Å²) in [5.41, 5.74) is 0.711. The topological polar surface area (TPSA) is 12.0 Å². The summed E-state index contributed by atoms with van der Waals surface area (Å²) >= 11 is 0. The SMILES string of the molecule is C[C@]12CNC[C@H]1[C@@H]1CC[C@H]2C1. The van der Waals surface area contributed by atoms with Gasteiger partial charge in [0, 0.05) is 6.54 Å². The van der Waals surface area contributed by atoms with Gasteiger partial charge in [0.15, 0.2) is 0 Å². The third kappa shape index (κ3) is 0.618. The molecule has 0 aromatic rings. The Morgan fingerprint density at radius 3 is 3.09 bits per heavy atom. The molecule has 1 N–H and O–H groups in total. The Balaban J connectivity index is 2.00. The van der Waals surface area contributed by atoms with Crippen molar-refractivity contribution in [3.8, 4) is 0 Å². The predicted octanol–water partition coefficient (Wildman–Crippen LogP) is 1.64. The molecular weight excluding hydrogens is 134 g/mol. The molecule has 11 heavy (non-hydrogen) atoms. The fraction of sp³-hybridized carbons (Fsp3) is 1.00. The Labute approximate surface area is 68.6 Å². The van der Waals surface area contributed by atoms with Gasteiger partial charge in [-0.15, -0.1) is 0 Å². The van der Waals surface area contributed by atoms with Crippen molar-refractivity contribution in [2.45, 2.75) is 26.2 Å². The van der Waals surface area contributed by atoms with Crippen LogP contribution in [0.15, 0.2) is 0 Å². The van der Waals surface area contributed by atoms with Gasteiger partial charge in [0.2, 0.25) is 0 Å². The maximum absolute atomic E-state index is 3.57. The minimum Gasteiger partial charge on any atom is -0.316 e. The molecule has 1 nitrogen and oxygen atoms in total. The summed E-state index contributed by atoms with van der Waals surface area (Å²) in [6, 6.07) is 0. The van der Waals surface area contributed by atoms with Crippen LogP contribution in [0.1, 0.15) is 26.2 Å². The molecule has 3 fully saturated rings. The van der Waals surface area contributed by atoms with E-state index in [9.17, 15) is 0 Å². The first-order chi connectivity index (χ1) is 5.31. The lowest BCUT2D eigenvalue weighted by atomic mass is 9.70. The average molecular weight is 151 g/mol. The normalized spacial score (nSPS) is 60.3. The van der Waals surface area contributed by atoms with E-state index in [0.717, 1.165) is 17.8 Å². The molecule has 0 aromatic carbocycles. The van der Waals surface area contributed by atoms with E-state index in [1.165, 1.54) is 25.9 Å². The molecule has 2 aliphatic carbocycles. The molecule has 2 saturated carbocycles. The zero-order chi connectivity index (χ0) is 7.47. The third-order valence-corrected chi connectivity index (χ3v) is 4.69. The molecule has 0 radical (unpaired) electrons. The van der Waals surface area contributed by atoms with Crippen LogP contribution < -0.4 is 5.32 Å². The summed E-state index contributed by atoms with van der Waals surface area (Å²) in [6.07, 6.45) is 4.62. The molecule has 1 saturated heterocycles. The summed E-state index contributed by atoms with van der Waals surface area (Å²) in [5, 5.41) is 3.57.